The molecule has 0 amide bonds. The summed E-state index contributed by atoms with van der Waals surface area (Å²) < 4.78 is 6.89. The number of rotatable bonds is 4. The van der Waals surface area contributed by atoms with Gasteiger partial charge in [-0.25, -0.2) is 15.0 Å². The van der Waals surface area contributed by atoms with E-state index < -0.39 is 0 Å². The average molecular weight is 629 g/mol. The van der Waals surface area contributed by atoms with Crippen molar-refractivity contribution in [2.24, 2.45) is 0 Å². The first-order valence-electron chi connectivity index (χ1n) is 16.5. The summed E-state index contributed by atoms with van der Waals surface area (Å²) in [4.78, 5) is 19.9. The second-order valence-corrected chi connectivity index (χ2v) is 12.6. The van der Waals surface area contributed by atoms with E-state index in [0.29, 0.717) is 17.5 Å². The summed E-state index contributed by atoms with van der Waals surface area (Å²) in [6.45, 7) is 0. The topological polar surface area (TPSA) is 60.8 Å². The van der Waals surface area contributed by atoms with Crippen molar-refractivity contribution in [1.82, 2.24) is 19.9 Å². The van der Waals surface area contributed by atoms with Crippen LogP contribution in [0.4, 0.5) is 0 Å². The van der Waals surface area contributed by atoms with Crippen LogP contribution in [-0.4, -0.2) is 26.0 Å². The molecule has 10 rings (SSSR count). The molecular formula is C44H28N4O. The number of nitrogens with zero attached hydrogens (tertiary/aromatic N) is 4. The smallest absolute Gasteiger partial charge is 0.164 e. The molecule has 0 saturated carbocycles. The zero-order valence-electron chi connectivity index (χ0n) is 26.4. The van der Waals surface area contributed by atoms with Gasteiger partial charge in [-0.2, -0.15) is 0 Å². The summed E-state index contributed by atoms with van der Waals surface area (Å²) in [5.74, 6) is 2.63. The van der Waals surface area contributed by atoms with Crippen molar-refractivity contribution in [1.29, 1.82) is 0 Å². The predicted molar refractivity (Wildman–Crippen MR) is 197 cm³/mol. The van der Waals surface area contributed by atoms with Crippen LogP contribution in [0.15, 0.2) is 158 Å². The number of hydrogen-bond acceptors (Lipinski definition) is 5. The lowest BCUT2D eigenvalue weighted by molar-refractivity contribution is 0.272. The molecule has 6 aromatic carbocycles. The third-order valence-electron chi connectivity index (χ3n) is 9.77. The van der Waals surface area contributed by atoms with Crippen LogP contribution in [0.5, 0.6) is 5.75 Å². The van der Waals surface area contributed by atoms with Gasteiger partial charge in [0.25, 0.3) is 0 Å². The molecule has 2 aromatic heterocycles. The molecule has 0 bridgehead atoms. The Morgan fingerprint density at radius 3 is 1.90 bits per heavy atom. The number of hydrogen-bond donors (Lipinski definition) is 0. The SMILES string of the molecule is C1=CC2Oc3c(-c4cc5c6ccccc6ccc5c5ccccc45)cncc3C2C(c2nc(-c3ccccc3)nc(-c3ccccc3)n2)=C1. The molecule has 49 heavy (non-hydrogen) atoms. The number of fused-ring (bicyclic) bond motifs is 8. The maximum absolute atomic E-state index is 6.89. The number of ether oxygens (including phenoxy) is 1. The highest BCUT2D eigenvalue weighted by Gasteiger charge is 2.40. The largest absolute Gasteiger partial charge is 0.484 e. The number of allylic oxidation sites excluding steroid dienone is 2. The lowest BCUT2D eigenvalue weighted by atomic mass is 9.84. The fraction of sp³-hybridized carbons (Fsp3) is 0.0455. The second kappa shape index (κ2) is 11.1. The van der Waals surface area contributed by atoms with E-state index in [0.717, 1.165) is 39.1 Å². The molecule has 5 heteroatoms. The molecule has 1 aliphatic carbocycles. The minimum absolute atomic E-state index is 0.130. The van der Waals surface area contributed by atoms with Crippen molar-refractivity contribution in [3.05, 3.63) is 169 Å². The minimum Gasteiger partial charge on any atom is -0.484 e. The summed E-state index contributed by atoms with van der Waals surface area (Å²) in [6.07, 6.45) is 9.98. The highest BCUT2D eigenvalue weighted by atomic mass is 16.5. The molecule has 2 unspecified atom stereocenters. The van der Waals surface area contributed by atoms with E-state index in [1.54, 1.807) is 0 Å². The van der Waals surface area contributed by atoms with Crippen molar-refractivity contribution >= 4 is 37.9 Å². The summed E-state index contributed by atoms with van der Waals surface area (Å²) in [6, 6.07) is 44.2. The molecule has 3 heterocycles. The first-order valence-corrected chi connectivity index (χ1v) is 16.5. The normalized spacial score (nSPS) is 16.4. The van der Waals surface area contributed by atoms with Crippen LogP contribution in [0.3, 0.4) is 0 Å². The van der Waals surface area contributed by atoms with E-state index in [1.165, 1.54) is 32.3 Å². The Balaban J connectivity index is 1.16. The quantitative estimate of drug-likeness (QED) is 0.182. The van der Waals surface area contributed by atoms with Crippen molar-refractivity contribution in [3.8, 4) is 39.7 Å². The predicted octanol–water partition coefficient (Wildman–Crippen LogP) is 10.2. The van der Waals surface area contributed by atoms with Gasteiger partial charge < -0.3 is 4.74 Å². The van der Waals surface area contributed by atoms with E-state index in [-0.39, 0.29) is 12.0 Å². The molecule has 8 aromatic rings. The van der Waals surface area contributed by atoms with Crippen molar-refractivity contribution in [2.75, 3.05) is 0 Å². The first-order chi connectivity index (χ1) is 24.3. The molecule has 5 nitrogen and oxygen atoms in total. The summed E-state index contributed by atoms with van der Waals surface area (Å²) in [5.41, 5.74) is 5.98. The van der Waals surface area contributed by atoms with Gasteiger partial charge in [-0.1, -0.05) is 133 Å². The zero-order valence-corrected chi connectivity index (χ0v) is 26.4. The summed E-state index contributed by atoms with van der Waals surface area (Å²) in [7, 11) is 0. The van der Waals surface area contributed by atoms with Crippen LogP contribution in [-0.2, 0) is 0 Å². The van der Waals surface area contributed by atoms with Crippen LogP contribution >= 0.6 is 0 Å². The second-order valence-electron chi connectivity index (χ2n) is 12.6. The Morgan fingerprint density at radius 2 is 1.14 bits per heavy atom. The van der Waals surface area contributed by atoms with Gasteiger partial charge in [0.15, 0.2) is 17.5 Å². The van der Waals surface area contributed by atoms with E-state index >= 15 is 0 Å². The average Bonchev–Trinajstić information content (AvgIpc) is 3.57. The molecule has 2 aliphatic rings. The maximum Gasteiger partial charge on any atom is 0.164 e. The molecule has 0 N–H and O–H groups in total. The molecular weight excluding hydrogens is 601 g/mol. The number of aromatic nitrogens is 4. The van der Waals surface area contributed by atoms with E-state index in [1.807, 2.05) is 73.1 Å². The monoisotopic (exact) mass is 628 g/mol. The highest BCUT2D eigenvalue weighted by molar-refractivity contribution is 6.21. The standard InChI is InChI=1S/C44H28N4O/c1-3-13-28(14-4-1)42-46-43(29-15-5-2-6-16-29)48-44(47-42)34-20-11-21-39-40(34)38-26-45-25-37(41(38)49-39)36-24-35-30-17-8-7-12-27(30)22-23-33(35)31-18-9-10-19-32(31)36/h1-26,39-40H. The Morgan fingerprint density at radius 1 is 0.510 bits per heavy atom. The van der Waals surface area contributed by atoms with Gasteiger partial charge in [0.2, 0.25) is 0 Å². The summed E-state index contributed by atoms with van der Waals surface area (Å²) in [5, 5.41) is 7.28. The van der Waals surface area contributed by atoms with Gasteiger partial charge in [-0.3, -0.25) is 4.98 Å². The molecule has 0 fully saturated rings. The van der Waals surface area contributed by atoms with Gasteiger partial charge in [-0.05, 0) is 50.0 Å². The highest BCUT2D eigenvalue weighted by Crippen LogP contribution is 2.52. The van der Waals surface area contributed by atoms with E-state index in [4.69, 9.17) is 24.7 Å². The fourth-order valence-electron chi connectivity index (χ4n) is 7.49. The molecule has 230 valence electrons. The van der Waals surface area contributed by atoms with Crippen LogP contribution < -0.4 is 4.74 Å². The zero-order chi connectivity index (χ0) is 32.3. The van der Waals surface area contributed by atoms with Gasteiger partial charge >= 0.3 is 0 Å². The van der Waals surface area contributed by atoms with Gasteiger partial charge in [0.05, 0.1) is 5.92 Å². The fourth-order valence-corrected chi connectivity index (χ4v) is 7.49. The molecule has 0 radical (unpaired) electrons. The van der Waals surface area contributed by atoms with Crippen LogP contribution in [0.2, 0.25) is 0 Å². The Bertz CT molecular complexity index is 2590. The van der Waals surface area contributed by atoms with Gasteiger partial charge in [-0.15, -0.1) is 0 Å². The molecule has 0 saturated heterocycles. The van der Waals surface area contributed by atoms with Crippen molar-refractivity contribution < 1.29 is 4.74 Å². The van der Waals surface area contributed by atoms with Gasteiger partial charge in [0, 0.05) is 40.2 Å². The minimum atomic E-state index is -0.220. The molecule has 2 atom stereocenters. The van der Waals surface area contributed by atoms with Gasteiger partial charge in [0.1, 0.15) is 11.9 Å². The molecule has 1 aliphatic heterocycles. The lowest BCUT2D eigenvalue weighted by Crippen LogP contribution is -2.20. The third-order valence-corrected chi connectivity index (χ3v) is 9.77. The van der Waals surface area contributed by atoms with E-state index in [9.17, 15) is 0 Å². The Hall–Kier alpha value is -6.46. The maximum atomic E-state index is 6.89. The Kier molecular flexibility index (Phi) is 6.24. The van der Waals surface area contributed by atoms with Crippen LogP contribution in [0.1, 0.15) is 17.3 Å². The van der Waals surface area contributed by atoms with Crippen molar-refractivity contribution in [2.45, 2.75) is 12.0 Å². The van der Waals surface area contributed by atoms with Crippen LogP contribution in [0.25, 0.3) is 71.8 Å². The first kappa shape index (κ1) is 27.6. The van der Waals surface area contributed by atoms with Crippen molar-refractivity contribution in [3.63, 3.8) is 0 Å². The number of benzene rings is 6. The molecule has 0 spiro atoms. The third kappa shape index (κ3) is 4.47. The van der Waals surface area contributed by atoms with Crippen LogP contribution in [0, 0.1) is 0 Å². The van der Waals surface area contributed by atoms with E-state index in [2.05, 4.69) is 85.0 Å². The summed E-state index contributed by atoms with van der Waals surface area (Å²) >= 11 is 0. The lowest BCUT2D eigenvalue weighted by Gasteiger charge is -2.22. The number of pyridine rings is 1. The Labute approximate surface area is 282 Å².